The van der Waals surface area contributed by atoms with E-state index in [4.69, 9.17) is 46.9 Å². The molecule has 1 N–H and O–H groups in total. The fourth-order valence-electron chi connectivity index (χ4n) is 4.76. The number of nitrogens with zero attached hydrogens (tertiary/aromatic N) is 1. The molecule has 0 spiro atoms. The molecular formula is C32H38Cl2N2O8. The Morgan fingerprint density at radius 1 is 0.909 bits per heavy atom. The molecule has 44 heavy (non-hydrogen) atoms. The maximum atomic E-state index is 13.3. The number of rotatable bonds is 16. The van der Waals surface area contributed by atoms with Crippen molar-refractivity contribution >= 4 is 46.8 Å². The molecule has 1 aliphatic rings. The summed E-state index contributed by atoms with van der Waals surface area (Å²) in [6.45, 7) is 7.84. The van der Waals surface area contributed by atoms with E-state index in [1.165, 1.54) is 7.11 Å². The lowest BCUT2D eigenvalue weighted by Crippen LogP contribution is -2.37. The highest BCUT2D eigenvalue weighted by atomic mass is 35.5. The molecule has 0 amide bonds. The van der Waals surface area contributed by atoms with Gasteiger partial charge in [-0.05, 0) is 50.1 Å². The van der Waals surface area contributed by atoms with Gasteiger partial charge in [0.05, 0.1) is 73.6 Å². The van der Waals surface area contributed by atoms with E-state index in [9.17, 15) is 14.4 Å². The van der Waals surface area contributed by atoms with Gasteiger partial charge in [0, 0.05) is 24.7 Å². The zero-order valence-electron chi connectivity index (χ0n) is 25.3. The van der Waals surface area contributed by atoms with Gasteiger partial charge in [-0.25, -0.2) is 9.59 Å². The Kier molecular flexibility index (Phi) is 14.3. The van der Waals surface area contributed by atoms with E-state index in [2.05, 4.69) is 10.3 Å². The zero-order valence-corrected chi connectivity index (χ0v) is 26.8. The first kappa shape index (κ1) is 35.2. The zero-order chi connectivity index (χ0) is 32.1. The van der Waals surface area contributed by atoms with Crippen LogP contribution in [0.1, 0.15) is 48.2 Å². The van der Waals surface area contributed by atoms with Crippen LogP contribution in [-0.2, 0) is 39.8 Å². The first-order valence-electron chi connectivity index (χ1n) is 14.3. The molecule has 0 aliphatic carbocycles. The number of carbonyl (C=O) groups is 3. The minimum Gasteiger partial charge on any atom is -0.468 e. The van der Waals surface area contributed by atoms with Crippen molar-refractivity contribution in [1.82, 2.24) is 5.32 Å². The first-order chi connectivity index (χ1) is 21.2. The van der Waals surface area contributed by atoms with E-state index in [-0.39, 0.29) is 41.4 Å². The van der Waals surface area contributed by atoms with Gasteiger partial charge in [0.25, 0.3) is 0 Å². The molecule has 2 aromatic rings. The number of hydrogen-bond donors (Lipinski definition) is 1. The van der Waals surface area contributed by atoms with Crippen molar-refractivity contribution in [3.05, 3.63) is 80.5 Å². The molecule has 0 saturated heterocycles. The van der Waals surface area contributed by atoms with Crippen molar-refractivity contribution < 1.29 is 38.1 Å². The lowest BCUT2D eigenvalue weighted by Gasteiger charge is -2.32. The number of aliphatic imine (C=N–C) groups is 1. The van der Waals surface area contributed by atoms with Crippen molar-refractivity contribution in [2.75, 3.05) is 53.3 Å². The molecule has 0 saturated carbocycles. The van der Waals surface area contributed by atoms with E-state index in [0.717, 1.165) is 5.56 Å². The summed E-state index contributed by atoms with van der Waals surface area (Å²) in [7, 11) is 1.28. The Balaban J connectivity index is 1.58. The topological polar surface area (TPSA) is 122 Å². The fraction of sp³-hybridized carbons (Fsp3) is 0.438. The quantitative estimate of drug-likeness (QED) is 0.149. The van der Waals surface area contributed by atoms with Gasteiger partial charge in [0.1, 0.15) is 5.92 Å². The predicted octanol–water partition coefficient (Wildman–Crippen LogP) is 5.16. The lowest BCUT2D eigenvalue weighted by atomic mass is 9.75. The second kappa shape index (κ2) is 17.9. The third kappa shape index (κ3) is 9.36. The molecule has 12 heteroatoms. The van der Waals surface area contributed by atoms with Crippen LogP contribution in [0.5, 0.6) is 0 Å². The van der Waals surface area contributed by atoms with E-state index in [0.29, 0.717) is 55.4 Å². The van der Waals surface area contributed by atoms with Crippen molar-refractivity contribution in [1.29, 1.82) is 0 Å². The summed E-state index contributed by atoms with van der Waals surface area (Å²) in [4.78, 5) is 42.5. The first-order valence-corrected chi connectivity index (χ1v) is 15.1. The molecule has 0 aromatic heterocycles. The third-order valence-electron chi connectivity index (χ3n) is 6.81. The Hall–Kier alpha value is -3.28. The van der Waals surface area contributed by atoms with Gasteiger partial charge in [-0.1, -0.05) is 47.5 Å². The van der Waals surface area contributed by atoms with Crippen LogP contribution in [0.4, 0.5) is 0 Å². The molecule has 3 rings (SSSR count). The van der Waals surface area contributed by atoms with Crippen molar-refractivity contribution in [3.8, 4) is 0 Å². The summed E-state index contributed by atoms with van der Waals surface area (Å²) < 4.78 is 26.9. The van der Waals surface area contributed by atoms with Crippen molar-refractivity contribution in [3.63, 3.8) is 0 Å². The minimum absolute atomic E-state index is 0.0164. The predicted molar refractivity (Wildman–Crippen MR) is 167 cm³/mol. The SMILES string of the molecule is CCOC(=O)C1=C(COCCOCCNCc2ccc(C(=O)OCC)cc2)N=C(C)C(C(=O)OC)C1c1cccc(Cl)c1Cl. The summed E-state index contributed by atoms with van der Waals surface area (Å²) >= 11 is 12.9. The van der Waals surface area contributed by atoms with Gasteiger partial charge in [-0.15, -0.1) is 0 Å². The standard InChI is InChI=1S/C32H38Cl2N2O8/c1-5-43-30(37)22-12-10-21(11-13-22)18-35-14-15-41-16-17-42-19-25-28(32(39)44-6-2)27(23-8-7-9-24(33)29(23)34)26(20(3)36-25)31(38)40-4/h7-13,26-27,35H,5-6,14-19H2,1-4H3. The summed E-state index contributed by atoms with van der Waals surface area (Å²) in [5.74, 6) is -3.28. The van der Waals surface area contributed by atoms with Gasteiger partial charge in [0.15, 0.2) is 0 Å². The summed E-state index contributed by atoms with van der Waals surface area (Å²) in [6, 6.07) is 12.3. The number of methoxy groups -OCH3 is 1. The van der Waals surface area contributed by atoms with Crippen LogP contribution in [0.15, 0.2) is 58.7 Å². The number of benzene rings is 2. The number of nitrogens with one attached hydrogen (secondary N) is 1. The van der Waals surface area contributed by atoms with Crippen molar-refractivity contribution in [2.24, 2.45) is 10.9 Å². The van der Waals surface area contributed by atoms with Crippen LogP contribution >= 0.6 is 23.2 Å². The average Bonchev–Trinajstić information content (AvgIpc) is 3.01. The monoisotopic (exact) mass is 648 g/mol. The Morgan fingerprint density at radius 2 is 1.59 bits per heavy atom. The Labute approximate surface area is 267 Å². The Bertz CT molecular complexity index is 1360. The molecule has 238 valence electrons. The normalized spacial score (nSPS) is 16.4. The molecule has 0 bridgehead atoms. The second-order valence-corrected chi connectivity index (χ2v) is 10.5. The lowest BCUT2D eigenvalue weighted by molar-refractivity contribution is -0.144. The van der Waals surface area contributed by atoms with E-state index < -0.39 is 23.8 Å². The minimum atomic E-state index is -0.912. The number of hydrogen-bond acceptors (Lipinski definition) is 10. The van der Waals surface area contributed by atoms with Crippen LogP contribution in [0.2, 0.25) is 10.0 Å². The maximum absolute atomic E-state index is 13.3. The second-order valence-electron chi connectivity index (χ2n) is 9.71. The molecule has 2 unspecified atom stereocenters. The van der Waals surface area contributed by atoms with E-state index in [1.54, 1.807) is 51.1 Å². The maximum Gasteiger partial charge on any atom is 0.338 e. The number of halogens is 2. The highest BCUT2D eigenvalue weighted by Gasteiger charge is 2.44. The molecule has 0 fully saturated rings. The molecule has 0 radical (unpaired) electrons. The molecule has 10 nitrogen and oxygen atoms in total. The van der Waals surface area contributed by atoms with Crippen LogP contribution < -0.4 is 5.32 Å². The summed E-state index contributed by atoms with van der Waals surface area (Å²) in [6.07, 6.45) is 0. The van der Waals surface area contributed by atoms with Crippen LogP contribution in [-0.4, -0.2) is 76.9 Å². The molecule has 2 aromatic carbocycles. The van der Waals surface area contributed by atoms with Crippen LogP contribution in [0, 0.1) is 5.92 Å². The number of carbonyl (C=O) groups excluding carboxylic acids is 3. The largest absolute Gasteiger partial charge is 0.468 e. The molecule has 1 heterocycles. The molecule has 2 atom stereocenters. The van der Waals surface area contributed by atoms with E-state index in [1.807, 2.05) is 12.1 Å². The average molecular weight is 650 g/mol. The van der Waals surface area contributed by atoms with Crippen LogP contribution in [0.3, 0.4) is 0 Å². The smallest absolute Gasteiger partial charge is 0.338 e. The fourth-order valence-corrected chi connectivity index (χ4v) is 5.19. The van der Waals surface area contributed by atoms with Gasteiger partial charge in [-0.2, -0.15) is 0 Å². The van der Waals surface area contributed by atoms with Gasteiger partial charge >= 0.3 is 17.9 Å². The van der Waals surface area contributed by atoms with Gasteiger partial charge in [0.2, 0.25) is 0 Å². The number of esters is 3. The third-order valence-corrected chi connectivity index (χ3v) is 7.65. The Morgan fingerprint density at radius 3 is 2.27 bits per heavy atom. The van der Waals surface area contributed by atoms with E-state index >= 15 is 0 Å². The highest BCUT2D eigenvalue weighted by Crippen LogP contribution is 2.44. The van der Waals surface area contributed by atoms with Crippen molar-refractivity contribution in [2.45, 2.75) is 33.2 Å². The number of ether oxygens (including phenoxy) is 5. The van der Waals surface area contributed by atoms with Crippen LogP contribution in [0.25, 0.3) is 0 Å². The summed E-state index contributed by atoms with van der Waals surface area (Å²) in [5.41, 5.74) is 2.97. The molecular weight excluding hydrogens is 611 g/mol. The molecule has 1 aliphatic heterocycles. The van der Waals surface area contributed by atoms with Gasteiger partial charge < -0.3 is 29.0 Å². The van der Waals surface area contributed by atoms with Gasteiger partial charge in [-0.3, -0.25) is 9.79 Å². The highest BCUT2D eigenvalue weighted by molar-refractivity contribution is 6.42. The summed E-state index contributed by atoms with van der Waals surface area (Å²) in [5, 5.41) is 3.79.